The number of carbonyl (C=O) groups is 1. The van der Waals surface area contributed by atoms with Crippen LogP contribution in [0.4, 0.5) is 0 Å². The monoisotopic (exact) mass is 301 g/mol. The average Bonchev–Trinajstić information content (AvgIpc) is 3.21. The molecule has 0 aromatic heterocycles. The summed E-state index contributed by atoms with van der Waals surface area (Å²) in [5.41, 5.74) is 0.252. The molecule has 0 radical (unpaired) electrons. The topological polar surface area (TPSA) is 38.3 Å². The van der Waals surface area contributed by atoms with E-state index in [1.54, 1.807) is 0 Å². The summed E-state index contributed by atoms with van der Waals surface area (Å²) < 4.78 is 4.80. The van der Waals surface area contributed by atoms with E-state index in [1.807, 2.05) is 11.8 Å². The highest BCUT2D eigenvalue weighted by Crippen LogP contribution is 2.51. The van der Waals surface area contributed by atoms with Crippen LogP contribution in [0.5, 0.6) is 0 Å². The molecule has 0 bridgehead atoms. The third-order valence-corrected chi connectivity index (χ3v) is 5.81. The molecule has 1 rings (SSSR count). The van der Waals surface area contributed by atoms with E-state index >= 15 is 0 Å². The van der Waals surface area contributed by atoms with E-state index in [1.165, 1.54) is 32.8 Å². The van der Waals surface area contributed by atoms with Crippen molar-refractivity contribution in [2.45, 2.75) is 58.9 Å². The lowest BCUT2D eigenvalue weighted by atomic mass is 10.0. The second kappa shape index (κ2) is 8.93. The Balaban J connectivity index is 2.30. The Morgan fingerprint density at radius 3 is 2.60 bits per heavy atom. The van der Waals surface area contributed by atoms with Gasteiger partial charge in [-0.1, -0.05) is 27.2 Å². The minimum Gasteiger partial charge on any atom is -0.469 e. The zero-order valence-corrected chi connectivity index (χ0v) is 14.4. The van der Waals surface area contributed by atoms with E-state index in [0.717, 1.165) is 18.1 Å². The van der Waals surface area contributed by atoms with Gasteiger partial charge in [-0.2, -0.15) is 11.8 Å². The van der Waals surface area contributed by atoms with Crippen LogP contribution in [0.2, 0.25) is 0 Å². The first-order chi connectivity index (χ1) is 9.56. The minimum atomic E-state index is -0.0503. The van der Waals surface area contributed by atoms with Gasteiger partial charge in [0, 0.05) is 11.8 Å². The lowest BCUT2D eigenvalue weighted by molar-refractivity contribution is -0.141. The first kappa shape index (κ1) is 17.8. The second-order valence-electron chi connectivity index (χ2n) is 6.21. The molecule has 0 aromatic carbocycles. The van der Waals surface area contributed by atoms with Crippen LogP contribution in [0, 0.1) is 11.3 Å². The van der Waals surface area contributed by atoms with Crippen molar-refractivity contribution in [1.29, 1.82) is 0 Å². The van der Waals surface area contributed by atoms with Crippen LogP contribution in [-0.2, 0) is 9.53 Å². The summed E-state index contributed by atoms with van der Waals surface area (Å²) in [7, 11) is 1.49. The molecule has 2 unspecified atom stereocenters. The van der Waals surface area contributed by atoms with Gasteiger partial charge in [-0.15, -0.1) is 0 Å². The highest BCUT2D eigenvalue weighted by atomic mass is 32.2. The molecule has 1 saturated carbocycles. The smallest absolute Gasteiger partial charge is 0.306 e. The number of carbonyl (C=O) groups excluding carboxylic acids is 1. The summed E-state index contributed by atoms with van der Waals surface area (Å²) in [6.07, 6.45) is 5.38. The van der Waals surface area contributed by atoms with Gasteiger partial charge in [0.1, 0.15) is 0 Å². The van der Waals surface area contributed by atoms with Gasteiger partial charge in [0.15, 0.2) is 0 Å². The highest BCUT2D eigenvalue weighted by molar-refractivity contribution is 7.99. The molecule has 0 spiro atoms. The molecule has 0 heterocycles. The van der Waals surface area contributed by atoms with Crippen molar-refractivity contribution in [2.24, 2.45) is 11.3 Å². The Hall–Kier alpha value is -0.220. The van der Waals surface area contributed by atoms with Gasteiger partial charge in [0.05, 0.1) is 13.5 Å². The van der Waals surface area contributed by atoms with E-state index in [-0.39, 0.29) is 11.4 Å². The number of hydrogen-bond donors (Lipinski definition) is 1. The molecular formula is C16H31NO2S. The van der Waals surface area contributed by atoms with Crippen molar-refractivity contribution >= 4 is 17.7 Å². The summed E-state index contributed by atoms with van der Waals surface area (Å²) >= 11 is 2.01. The van der Waals surface area contributed by atoms with Crippen LogP contribution in [0.1, 0.15) is 52.9 Å². The lowest BCUT2D eigenvalue weighted by Gasteiger charge is -2.25. The molecule has 1 aliphatic carbocycles. The standard InChI is InChI=1S/C16H31NO2S/c1-5-9-17-14(13(3)6-2)11-20-12-16(7-8-16)10-15(18)19-4/h13-14,17H,5-12H2,1-4H3. The largest absolute Gasteiger partial charge is 0.469 e. The van der Waals surface area contributed by atoms with Crippen molar-refractivity contribution < 1.29 is 9.53 Å². The van der Waals surface area contributed by atoms with Crippen LogP contribution in [0.15, 0.2) is 0 Å². The Kier molecular flexibility index (Phi) is 7.96. The van der Waals surface area contributed by atoms with Crippen LogP contribution < -0.4 is 5.32 Å². The quantitative estimate of drug-likeness (QED) is 0.593. The molecular weight excluding hydrogens is 270 g/mol. The number of methoxy groups -OCH3 is 1. The number of esters is 1. The molecule has 20 heavy (non-hydrogen) atoms. The summed E-state index contributed by atoms with van der Waals surface area (Å²) in [6, 6.07) is 0.596. The fraction of sp³-hybridized carbons (Fsp3) is 0.938. The van der Waals surface area contributed by atoms with E-state index in [0.29, 0.717) is 18.4 Å². The molecule has 3 nitrogen and oxygen atoms in total. The zero-order chi connectivity index (χ0) is 15.0. The Morgan fingerprint density at radius 1 is 1.40 bits per heavy atom. The molecule has 1 fully saturated rings. The molecule has 0 amide bonds. The third kappa shape index (κ3) is 6.04. The molecule has 4 heteroatoms. The first-order valence-corrected chi connectivity index (χ1v) is 9.10. The van der Waals surface area contributed by atoms with E-state index < -0.39 is 0 Å². The van der Waals surface area contributed by atoms with Gasteiger partial charge in [-0.3, -0.25) is 4.79 Å². The number of rotatable bonds is 11. The molecule has 118 valence electrons. The van der Waals surface area contributed by atoms with Gasteiger partial charge in [-0.05, 0) is 42.9 Å². The second-order valence-corrected chi connectivity index (χ2v) is 7.24. The normalized spacial score (nSPS) is 19.4. The Labute approximate surface area is 128 Å². The van der Waals surface area contributed by atoms with E-state index in [2.05, 4.69) is 26.1 Å². The SMILES string of the molecule is CCCNC(CSCC1(CC(=O)OC)CC1)C(C)CC. The number of hydrogen-bond acceptors (Lipinski definition) is 4. The summed E-state index contributed by atoms with van der Waals surface area (Å²) in [6.45, 7) is 7.90. The van der Waals surface area contributed by atoms with Crippen LogP contribution in [0.25, 0.3) is 0 Å². The van der Waals surface area contributed by atoms with Crippen molar-refractivity contribution in [1.82, 2.24) is 5.32 Å². The number of ether oxygens (including phenoxy) is 1. The lowest BCUT2D eigenvalue weighted by Crippen LogP contribution is -2.37. The van der Waals surface area contributed by atoms with Gasteiger partial charge >= 0.3 is 5.97 Å². The van der Waals surface area contributed by atoms with Gasteiger partial charge in [0.2, 0.25) is 0 Å². The van der Waals surface area contributed by atoms with Crippen molar-refractivity contribution in [2.75, 3.05) is 25.2 Å². The Morgan fingerprint density at radius 2 is 2.10 bits per heavy atom. The average molecular weight is 301 g/mol. The van der Waals surface area contributed by atoms with E-state index in [9.17, 15) is 4.79 Å². The molecule has 2 atom stereocenters. The molecule has 1 aliphatic rings. The van der Waals surface area contributed by atoms with E-state index in [4.69, 9.17) is 4.74 Å². The number of thioether (sulfide) groups is 1. The fourth-order valence-corrected chi connectivity index (χ4v) is 4.01. The third-order valence-electron chi connectivity index (χ3n) is 4.40. The fourth-order valence-electron chi connectivity index (χ4n) is 2.37. The van der Waals surface area contributed by atoms with Gasteiger partial charge < -0.3 is 10.1 Å². The Bertz CT molecular complexity index is 292. The highest BCUT2D eigenvalue weighted by Gasteiger charge is 2.44. The van der Waals surface area contributed by atoms with Gasteiger partial charge in [-0.25, -0.2) is 0 Å². The zero-order valence-electron chi connectivity index (χ0n) is 13.5. The maximum Gasteiger partial charge on any atom is 0.306 e. The molecule has 0 saturated heterocycles. The van der Waals surface area contributed by atoms with Crippen LogP contribution in [0.3, 0.4) is 0 Å². The predicted octanol–water partition coefficient (Wildman–Crippen LogP) is 3.48. The van der Waals surface area contributed by atoms with Crippen molar-refractivity contribution in [3.05, 3.63) is 0 Å². The molecule has 0 aromatic rings. The molecule has 0 aliphatic heterocycles. The van der Waals surface area contributed by atoms with Crippen LogP contribution in [-0.4, -0.2) is 37.2 Å². The maximum absolute atomic E-state index is 11.4. The first-order valence-electron chi connectivity index (χ1n) is 7.95. The number of nitrogens with one attached hydrogen (secondary N) is 1. The minimum absolute atomic E-state index is 0.0503. The van der Waals surface area contributed by atoms with Gasteiger partial charge in [0.25, 0.3) is 0 Å². The maximum atomic E-state index is 11.4. The summed E-state index contributed by atoms with van der Waals surface area (Å²) in [5.74, 6) is 2.91. The van der Waals surface area contributed by atoms with Crippen molar-refractivity contribution in [3.63, 3.8) is 0 Å². The summed E-state index contributed by atoms with van der Waals surface area (Å²) in [5, 5.41) is 3.67. The van der Waals surface area contributed by atoms with Crippen molar-refractivity contribution in [3.8, 4) is 0 Å². The summed E-state index contributed by atoms with van der Waals surface area (Å²) in [4.78, 5) is 11.4. The van der Waals surface area contributed by atoms with Crippen LogP contribution >= 0.6 is 11.8 Å². The predicted molar refractivity (Wildman–Crippen MR) is 87.2 cm³/mol. The molecule has 1 N–H and O–H groups in total.